The SMILES string of the molecule is CC(=O)c1ccc(Br)cc1N1CCCC1C. The third-order valence-corrected chi connectivity index (χ3v) is 3.69. The monoisotopic (exact) mass is 281 g/mol. The summed E-state index contributed by atoms with van der Waals surface area (Å²) < 4.78 is 1.03. The van der Waals surface area contributed by atoms with E-state index in [1.807, 2.05) is 12.1 Å². The lowest BCUT2D eigenvalue weighted by molar-refractivity contribution is 0.101. The van der Waals surface area contributed by atoms with Crippen LogP contribution >= 0.6 is 15.9 Å². The lowest BCUT2D eigenvalue weighted by Gasteiger charge is -2.26. The molecule has 0 N–H and O–H groups in total. The molecule has 0 amide bonds. The van der Waals surface area contributed by atoms with Crippen LogP contribution in [0.3, 0.4) is 0 Å². The Morgan fingerprint density at radius 3 is 2.81 bits per heavy atom. The maximum Gasteiger partial charge on any atom is 0.161 e. The van der Waals surface area contributed by atoms with Gasteiger partial charge in [0.1, 0.15) is 0 Å². The summed E-state index contributed by atoms with van der Waals surface area (Å²) in [5, 5.41) is 0. The highest BCUT2D eigenvalue weighted by Gasteiger charge is 2.23. The standard InChI is InChI=1S/C13H16BrNO/c1-9-4-3-7-15(9)13-8-11(14)5-6-12(13)10(2)16/h5-6,8-9H,3-4,7H2,1-2H3. The molecule has 1 fully saturated rings. The van der Waals surface area contributed by atoms with Crippen molar-refractivity contribution in [2.45, 2.75) is 32.7 Å². The summed E-state index contributed by atoms with van der Waals surface area (Å²) >= 11 is 3.47. The summed E-state index contributed by atoms with van der Waals surface area (Å²) in [7, 11) is 0. The first-order valence-electron chi connectivity index (χ1n) is 5.66. The maximum absolute atomic E-state index is 11.6. The van der Waals surface area contributed by atoms with Gasteiger partial charge in [0, 0.05) is 28.3 Å². The number of nitrogens with zero attached hydrogens (tertiary/aromatic N) is 1. The molecule has 0 spiro atoms. The first kappa shape index (κ1) is 11.6. The molecule has 86 valence electrons. The molecule has 1 aromatic carbocycles. The number of hydrogen-bond acceptors (Lipinski definition) is 2. The van der Waals surface area contributed by atoms with Crippen molar-refractivity contribution in [1.29, 1.82) is 0 Å². The Morgan fingerprint density at radius 1 is 1.50 bits per heavy atom. The largest absolute Gasteiger partial charge is 0.368 e. The van der Waals surface area contributed by atoms with Crippen molar-refractivity contribution in [2.24, 2.45) is 0 Å². The van der Waals surface area contributed by atoms with Crippen LogP contribution < -0.4 is 4.90 Å². The van der Waals surface area contributed by atoms with Crippen LogP contribution in [0.2, 0.25) is 0 Å². The number of carbonyl (C=O) groups excluding carboxylic acids is 1. The van der Waals surface area contributed by atoms with Gasteiger partial charge < -0.3 is 4.90 Å². The molecule has 0 aliphatic carbocycles. The molecular weight excluding hydrogens is 266 g/mol. The lowest BCUT2D eigenvalue weighted by Crippen LogP contribution is -2.27. The predicted molar refractivity (Wildman–Crippen MR) is 70.2 cm³/mol. The molecule has 0 aromatic heterocycles. The highest BCUT2D eigenvalue weighted by Crippen LogP contribution is 2.31. The van der Waals surface area contributed by atoms with Gasteiger partial charge >= 0.3 is 0 Å². The molecule has 1 aromatic rings. The van der Waals surface area contributed by atoms with Gasteiger partial charge in [0.15, 0.2) is 5.78 Å². The van der Waals surface area contributed by atoms with Crippen LogP contribution in [-0.4, -0.2) is 18.4 Å². The van der Waals surface area contributed by atoms with E-state index >= 15 is 0 Å². The highest BCUT2D eigenvalue weighted by molar-refractivity contribution is 9.10. The zero-order valence-corrected chi connectivity index (χ0v) is 11.3. The Labute approximate surface area is 105 Å². The molecule has 1 heterocycles. The molecular formula is C13H16BrNO. The molecule has 1 unspecified atom stereocenters. The average Bonchev–Trinajstić information content (AvgIpc) is 2.63. The van der Waals surface area contributed by atoms with Gasteiger partial charge in [0.2, 0.25) is 0 Å². The smallest absolute Gasteiger partial charge is 0.161 e. The van der Waals surface area contributed by atoms with E-state index in [1.54, 1.807) is 6.92 Å². The van der Waals surface area contributed by atoms with Crippen LogP contribution in [0, 0.1) is 0 Å². The second-order valence-electron chi connectivity index (χ2n) is 4.40. The minimum Gasteiger partial charge on any atom is -0.368 e. The van der Waals surface area contributed by atoms with Crippen molar-refractivity contribution in [3.63, 3.8) is 0 Å². The fraction of sp³-hybridized carbons (Fsp3) is 0.462. The van der Waals surface area contributed by atoms with Gasteiger partial charge in [-0.15, -0.1) is 0 Å². The van der Waals surface area contributed by atoms with Crippen molar-refractivity contribution in [3.8, 4) is 0 Å². The van der Waals surface area contributed by atoms with Crippen molar-refractivity contribution in [1.82, 2.24) is 0 Å². The summed E-state index contributed by atoms with van der Waals surface area (Å²) in [6.07, 6.45) is 2.43. The van der Waals surface area contributed by atoms with Gasteiger partial charge in [0.25, 0.3) is 0 Å². The number of anilines is 1. The van der Waals surface area contributed by atoms with E-state index < -0.39 is 0 Å². The number of benzene rings is 1. The van der Waals surface area contributed by atoms with Gasteiger partial charge in [0.05, 0.1) is 0 Å². The molecule has 3 heteroatoms. The Hall–Kier alpha value is -0.830. The van der Waals surface area contributed by atoms with Crippen molar-refractivity contribution in [3.05, 3.63) is 28.2 Å². The highest BCUT2D eigenvalue weighted by atomic mass is 79.9. The molecule has 2 nitrogen and oxygen atoms in total. The molecule has 1 saturated heterocycles. The first-order valence-corrected chi connectivity index (χ1v) is 6.46. The van der Waals surface area contributed by atoms with E-state index in [4.69, 9.17) is 0 Å². The topological polar surface area (TPSA) is 20.3 Å². The normalized spacial score (nSPS) is 20.2. The molecule has 0 radical (unpaired) electrons. The molecule has 0 saturated carbocycles. The number of hydrogen-bond donors (Lipinski definition) is 0. The Balaban J connectivity index is 2.44. The van der Waals surface area contributed by atoms with Gasteiger partial charge in [-0.1, -0.05) is 15.9 Å². The van der Waals surface area contributed by atoms with E-state index in [0.29, 0.717) is 6.04 Å². The minimum absolute atomic E-state index is 0.140. The minimum atomic E-state index is 0.140. The maximum atomic E-state index is 11.6. The van der Waals surface area contributed by atoms with E-state index in [9.17, 15) is 4.79 Å². The van der Waals surface area contributed by atoms with Gasteiger partial charge in [-0.25, -0.2) is 0 Å². The van der Waals surface area contributed by atoms with Crippen LogP contribution in [-0.2, 0) is 0 Å². The Kier molecular flexibility index (Phi) is 3.33. The third-order valence-electron chi connectivity index (χ3n) is 3.20. The number of rotatable bonds is 2. The quantitative estimate of drug-likeness (QED) is 0.772. The van der Waals surface area contributed by atoms with Crippen LogP contribution in [0.1, 0.15) is 37.0 Å². The van der Waals surface area contributed by atoms with Crippen LogP contribution in [0.5, 0.6) is 0 Å². The van der Waals surface area contributed by atoms with Crippen molar-refractivity contribution in [2.75, 3.05) is 11.4 Å². The molecule has 1 aliphatic rings. The molecule has 2 rings (SSSR count). The van der Waals surface area contributed by atoms with Gasteiger partial charge in [-0.05, 0) is 44.9 Å². The fourth-order valence-electron chi connectivity index (χ4n) is 2.33. The zero-order valence-electron chi connectivity index (χ0n) is 9.66. The fourth-order valence-corrected chi connectivity index (χ4v) is 2.68. The molecule has 1 atom stereocenters. The summed E-state index contributed by atoms with van der Waals surface area (Å²) in [4.78, 5) is 13.9. The number of carbonyl (C=O) groups is 1. The second kappa shape index (κ2) is 4.58. The first-order chi connectivity index (χ1) is 7.59. The number of halogens is 1. The van der Waals surface area contributed by atoms with E-state index in [2.05, 4.69) is 33.8 Å². The van der Waals surface area contributed by atoms with Crippen molar-refractivity contribution < 1.29 is 4.79 Å². The molecule has 0 bridgehead atoms. The summed E-state index contributed by atoms with van der Waals surface area (Å²) in [5.41, 5.74) is 1.91. The van der Waals surface area contributed by atoms with Crippen LogP contribution in [0.25, 0.3) is 0 Å². The zero-order chi connectivity index (χ0) is 11.7. The van der Waals surface area contributed by atoms with E-state index in [0.717, 1.165) is 22.3 Å². The Bertz CT molecular complexity index is 416. The van der Waals surface area contributed by atoms with Crippen molar-refractivity contribution >= 4 is 27.4 Å². The summed E-state index contributed by atoms with van der Waals surface area (Å²) in [6.45, 7) is 4.91. The number of ketones is 1. The van der Waals surface area contributed by atoms with Crippen LogP contribution in [0.4, 0.5) is 5.69 Å². The lowest BCUT2D eigenvalue weighted by atomic mass is 10.1. The van der Waals surface area contributed by atoms with E-state index in [-0.39, 0.29) is 5.78 Å². The van der Waals surface area contributed by atoms with Crippen LogP contribution in [0.15, 0.2) is 22.7 Å². The third kappa shape index (κ3) is 2.14. The summed E-state index contributed by atoms with van der Waals surface area (Å²) in [6, 6.07) is 6.43. The molecule has 1 aliphatic heterocycles. The second-order valence-corrected chi connectivity index (χ2v) is 5.32. The van der Waals surface area contributed by atoms with Gasteiger partial charge in [-0.3, -0.25) is 4.79 Å². The predicted octanol–water partition coefficient (Wildman–Crippen LogP) is 3.64. The van der Waals surface area contributed by atoms with E-state index in [1.165, 1.54) is 12.8 Å². The number of Topliss-reactive ketones (excluding diaryl/α,β-unsaturated/α-hetero) is 1. The average molecular weight is 282 g/mol. The summed E-state index contributed by atoms with van der Waals surface area (Å²) in [5.74, 6) is 0.140. The Morgan fingerprint density at radius 2 is 2.25 bits per heavy atom. The molecule has 16 heavy (non-hydrogen) atoms. The van der Waals surface area contributed by atoms with Gasteiger partial charge in [-0.2, -0.15) is 0 Å².